The molecule has 1 N–H and O–H groups in total. The van der Waals surface area contributed by atoms with Crippen LogP contribution in [-0.4, -0.2) is 35.4 Å². The third-order valence-electron chi connectivity index (χ3n) is 4.34. The number of halogens is 3. The van der Waals surface area contributed by atoms with Gasteiger partial charge in [-0.2, -0.15) is 13.2 Å². The Balaban J connectivity index is 1.66. The Hall–Kier alpha value is -1.93. The van der Waals surface area contributed by atoms with Crippen LogP contribution >= 0.6 is 11.3 Å². The van der Waals surface area contributed by atoms with Crippen molar-refractivity contribution in [1.29, 1.82) is 0 Å². The van der Waals surface area contributed by atoms with E-state index >= 15 is 0 Å². The van der Waals surface area contributed by atoms with E-state index in [2.05, 4.69) is 15.2 Å². The summed E-state index contributed by atoms with van der Waals surface area (Å²) in [6, 6.07) is 4.63. The largest absolute Gasteiger partial charge is 0.416 e. The maximum Gasteiger partial charge on any atom is 0.416 e. The molecular formula is C18H20F3N3OS. The zero-order valence-corrected chi connectivity index (χ0v) is 15.2. The van der Waals surface area contributed by atoms with Gasteiger partial charge in [0, 0.05) is 18.7 Å². The number of carbonyl (C=O) groups is 1. The second-order valence-corrected chi connectivity index (χ2v) is 7.44. The van der Waals surface area contributed by atoms with Gasteiger partial charge in [-0.3, -0.25) is 4.79 Å². The molecule has 1 aromatic carbocycles. The van der Waals surface area contributed by atoms with Crippen LogP contribution in [-0.2, 0) is 12.6 Å². The molecule has 26 heavy (non-hydrogen) atoms. The van der Waals surface area contributed by atoms with Crippen molar-refractivity contribution < 1.29 is 18.0 Å². The summed E-state index contributed by atoms with van der Waals surface area (Å²) in [6.45, 7) is 4.87. The van der Waals surface area contributed by atoms with Gasteiger partial charge in [0.2, 0.25) is 0 Å². The van der Waals surface area contributed by atoms with Gasteiger partial charge in [0.05, 0.1) is 16.3 Å². The minimum atomic E-state index is -4.44. The lowest BCUT2D eigenvalue weighted by Crippen LogP contribution is -2.21. The molecule has 0 spiro atoms. The molecule has 1 fully saturated rings. The van der Waals surface area contributed by atoms with Crippen LogP contribution < -0.4 is 5.32 Å². The second kappa shape index (κ2) is 7.75. The number of hydrogen-bond donors (Lipinski definition) is 1. The molecule has 140 valence electrons. The molecule has 0 atom stereocenters. The molecule has 0 radical (unpaired) electrons. The van der Waals surface area contributed by atoms with E-state index < -0.39 is 17.6 Å². The zero-order chi connectivity index (χ0) is 18.7. The van der Waals surface area contributed by atoms with Crippen LogP contribution in [0.2, 0.25) is 0 Å². The molecule has 4 nitrogen and oxygen atoms in total. The number of amides is 1. The van der Waals surface area contributed by atoms with Gasteiger partial charge in [-0.25, -0.2) is 4.98 Å². The Morgan fingerprint density at radius 2 is 2.04 bits per heavy atom. The highest BCUT2D eigenvalue weighted by molar-refractivity contribution is 7.13. The molecule has 2 aromatic rings. The molecule has 3 rings (SSSR count). The standard InChI is InChI=1S/C18H20F3N3OS/c1-12-16(26-15(22-12)7-10-24-8-2-3-9-24)17(25)23-14-6-4-5-13(11-14)18(19,20)21/h4-6,11H,2-3,7-10H2,1H3,(H,23,25). The van der Waals surface area contributed by atoms with Crippen molar-refractivity contribution >= 4 is 22.9 Å². The predicted octanol–water partition coefficient (Wildman–Crippen LogP) is 4.36. The minimum Gasteiger partial charge on any atom is -0.321 e. The smallest absolute Gasteiger partial charge is 0.321 e. The van der Waals surface area contributed by atoms with Crippen LogP contribution in [0.25, 0.3) is 0 Å². The van der Waals surface area contributed by atoms with Crippen LogP contribution in [0.1, 0.15) is 38.8 Å². The number of anilines is 1. The summed E-state index contributed by atoms with van der Waals surface area (Å²) < 4.78 is 38.4. The summed E-state index contributed by atoms with van der Waals surface area (Å²) in [7, 11) is 0. The van der Waals surface area contributed by atoms with Crippen molar-refractivity contribution in [3.63, 3.8) is 0 Å². The molecule has 0 bridgehead atoms. The van der Waals surface area contributed by atoms with E-state index in [1.165, 1.54) is 36.3 Å². The molecule has 1 aliphatic rings. The van der Waals surface area contributed by atoms with Crippen LogP contribution in [0.4, 0.5) is 18.9 Å². The first-order valence-corrected chi connectivity index (χ1v) is 9.32. The highest BCUT2D eigenvalue weighted by atomic mass is 32.1. The first-order chi connectivity index (χ1) is 12.3. The molecule has 0 saturated carbocycles. The van der Waals surface area contributed by atoms with E-state index in [0.717, 1.165) is 43.2 Å². The Bertz CT molecular complexity index is 782. The lowest BCUT2D eigenvalue weighted by atomic mass is 10.2. The van der Waals surface area contributed by atoms with Crippen LogP contribution in [0.15, 0.2) is 24.3 Å². The van der Waals surface area contributed by atoms with E-state index in [1.807, 2.05) is 0 Å². The first kappa shape index (κ1) is 18.8. The Kier molecular flexibility index (Phi) is 5.62. The van der Waals surface area contributed by atoms with Gasteiger partial charge >= 0.3 is 6.18 Å². The minimum absolute atomic E-state index is 0.122. The zero-order valence-electron chi connectivity index (χ0n) is 14.4. The van der Waals surface area contributed by atoms with Crippen molar-refractivity contribution in [2.24, 2.45) is 0 Å². The Morgan fingerprint density at radius 3 is 2.73 bits per heavy atom. The molecule has 1 saturated heterocycles. The maximum absolute atomic E-state index is 12.8. The monoisotopic (exact) mass is 383 g/mol. The molecule has 2 heterocycles. The van der Waals surface area contributed by atoms with E-state index in [0.29, 0.717) is 10.6 Å². The number of aromatic nitrogens is 1. The number of aryl methyl sites for hydroxylation is 1. The number of carbonyl (C=O) groups excluding carboxylic acids is 1. The SMILES string of the molecule is Cc1nc(CCN2CCCC2)sc1C(=O)Nc1cccc(C(F)(F)F)c1. The van der Waals surface area contributed by atoms with E-state index in [1.54, 1.807) is 6.92 Å². The summed E-state index contributed by atoms with van der Waals surface area (Å²) in [6.07, 6.45) is -1.21. The molecule has 0 aliphatic carbocycles. The van der Waals surface area contributed by atoms with E-state index in [4.69, 9.17) is 0 Å². The van der Waals surface area contributed by atoms with Gasteiger partial charge in [-0.1, -0.05) is 6.07 Å². The molecule has 0 unspecified atom stereocenters. The fraction of sp³-hybridized carbons (Fsp3) is 0.444. The van der Waals surface area contributed by atoms with Crippen molar-refractivity contribution in [2.45, 2.75) is 32.4 Å². The van der Waals surface area contributed by atoms with Crippen molar-refractivity contribution in [3.8, 4) is 0 Å². The predicted molar refractivity (Wildman–Crippen MR) is 95.6 cm³/mol. The van der Waals surface area contributed by atoms with Crippen LogP contribution in [0.5, 0.6) is 0 Å². The topological polar surface area (TPSA) is 45.2 Å². The van der Waals surface area contributed by atoms with Crippen molar-refractivity contribution in [2.75, 3.05) is 25.0 Å². The summed E-state index contributed by atoms with van der Waals surface area (Å²) >= 11 is 1.31. The second-order valence-electron chi connectivity index (χ2n) is 6.35. The van der Waals surface area contributed by atoms with E-state index in [-0.39, 0.29) is 5.69 Å². The molecule has 1 aliphatic heterocycles. The Morgan fingerprint density at radius 1 is 1.31 bits per heavy atom. The number of thiazole rings is 1. The van der Waals surface area contributed by atoms with Crippen molar-refractivity contribution in [3.05, 3.63) is 45.4 Å². The third-order valence-corrected chi connectivity index (χ3v) is 5.55. The van der Waals surface area contributed by atoms with Crippen LogP contribution in [0, 0.1) is 6.92 Å². The third kappa shape index (κ3) is 4.62. The maximum atomic E-state index is 12.8. The molecule has 1 amide bonds. The number of alkyl halides is 3. The average Bonchev–Trinajstić information content (AvgIpc) is 3.21. The lowest BCUT2D eigenvalue weighted by Gasteiger charge is -2.12. The molecule has 1 aromatic heterocycles. The summed E-state index contributed by atoms with van der Waals surface area (Å²) in [5.41, 5.74) is -0.0604. The average molecular weight is 383 g/mol. The van der Waals surface area contributed by atoms with Gasteiger partial charge < -0.3 is 10.2 Å². The van der Waals surface area contributed by atoms with E-state index in [9.17, 15) is 18.0 Å². The summed E-state index contributed by atoms with van der Waals surface area (Å²) in [5.74, 6) is -0.424. The molecule has 8 heteroatoms. The number of benzene rings is 1. The number of hydrogen-bond acceptors (Lipinski definition) is 4. The van der Waals surface area contributed by atoms with Gasteiger partial charge in [-0.15, -0.1) is 11.3 Å². The number of likely N-dealkylation sites (tertiary alicyclic amines) is 1. The van der Waals surface area contributed by atoms with Gasteiger partial charge in [-0.05, 0) is 51.1 Å². The lowest BCUT2D eigenvalue weighted by molar-refractivity contribution is -0.137. The first-order valence-electron chi connectivity index (χ1n) is 8.50. The van der Waals surface area contributed by atoms with Gasteiger partial charge in [0.1, 0.15) is 4.88 Å². The number of rotatable bonds is 5. The summed E-state index contributed by atoms with van der Waals surface area (Å²) in [4.78, 5) is 19.7. The van der Waals surface area contributed by atoms with Gasteiger partial charge in [0.25, 0.3) is 5.91 Å². The Labute approximate surface area is 154 Å². The fourth-order valence-corrected chi connectivity index (χ4v) is 3.94. The van der Waals surface area contributed by atoms with Crippen LogP contribution in [0.3, 0.4) is 0 Å². The number of nitrogens with one attached hydrogen (secondary N) is 1. The fourth-order valence-electron chi connectivity index (χ4n) is 2.99. The normalized spacial score (nSPS) is 15.4. The highest BCUT2D eigenvalue weighted by Gasteiger charge is 2.30. The quantitative estimate of drug-likeness (QED) is 0.834. The molecular weight excluding hydrogens is 363 g/mol. The van der Waals surface area contributed by atoms with Crippen molar-refractivity contribution in [1.82, 2.24) is 9.88 Å². The summed E-state index contributed by atoms with van der Waals surface area (Å²) in [5, 5.41) is 3.42. The highest BCUT2D eigenvalue weighted by Crippen LogP contribution is 2.31. The number of nitrogens with zero attached hydrogens (tertiary/aromatic N) is 2. The van der Waals surface area contributed by atoms with Gasteiger partial charge in [0.15, 0.2) is 0 Å².